The van der Waals surface area contributed by atoms with Crippen molar-refractivity contribution >= 4 is 0 Å². The molecule has 2 aromatic rings. The molecule has 0 aliphatic heterocycles. The summed E-state index contributed by atoms with van der Waals surface area (Å²) in [4.78, 5) is 22.5. The molecule has 1 aromatic carbocycles. The second-order valence-corrected chi connectivity index (χ2v) is 3.54. The van der Waals surface area contributed by atoms with Crippen LogP contribution < -0.4 is 11.1 Å². The van der Waals surface area contributed by atoms with Crippen molar-refractivity contribution in [3.63, 3.8) is 0 Å². The minimum atomic E-state index is -0.321. The molecule has 0 amide bonds. The van der Waals surface area contributed by atoms with Gasteiger partial charge in [0.2, 0.25) is 0 Å². The highest BCUT2D eigenvalue weighted by molar-refractivity contribution is 5.31. The first-order valence-corrected chi connectivity index (χ1v) is 4.98. The van der Waals surface area contributed by atoms with Gasteiger partial charge >= 0.3 is 0 Å². The van der Waals surface area contributed by atoms with Crippen molar-refractivity contribution in [1.29, 1.82) is 5.26 Å². The van der Waals surface area contributed by atoms with E-state index < -0.39 is 0 Å². The van der Waals surface area contributed by atoms with Crippen molar-refractivity contribution in [3.05, 3.63) is 68.2 Å². The van der Waals surface area contributed by atoms with Crippen LogP contribution in [0.5, 0.6) is 0 Å². The van der Waals surface area contributed by atoms with Crippen molar-refractivity contribution in [2.75, 3.05) is 0 Å². The molecular weight excluding hydrogens is 218 g/mol. The van der Waals surface area contributed by atoms with Crippen molar-refractivity contribution < 1.29 is 0 Å². The van der Waals surface area contributed by atoms with Crippen LogP contribution in [0.4, 0.5) is 0 Å². The van der Waals surface area contributed by atoms with Crippen LogP contribution in [0.1, 0.15) is 11.1 Å². The van der Waals surface area contributed by atoms with Gasteiger partial charge in [-0.05, 0) is 17.7 Å². The SMILES string of the molecule is N#Cc1ccc(Cn2[nH]c(=O)ccc2=O)cc1. The molecule has 0 aliphatic carbocycles. The summed E-state index contributed by atoms with van der Waals surface area (Å²) in [6, 6.07) is 11.3. The molecule has 0 atom stereocenters. The number of nitriles is 1. The predicted octanol–water partition coefficient (Wildman–Crippen LogP) is 0.457. The third kappa shape index (κ3) is 2.49. The molecule has 2 rings (SSSR count). The van der Waals surface area contributed by atoms with E-state index in [9.17, 15) is 9.59 Å². The lowest BCUT2D eigenvalue weighted by molar-refractivity contribution is 0.627. The summed E-state index contributed by atoms with van der Waals surface area (Å²) in [7, 11) is 0. The smallest absolute Gasteiger partial charge is 0.265 e. The summed E-state index contributed by atoms with van der Waals surface area (Å²) >= 11 is 0. The van der Waals surface area contributed by atoms with Gasteiger partial charge in [-0.3, -0.25) is 14.7 Å². The molecule has 0 unspecified atom stereocenters. The monoisotopic (exact) mass is 227 g/mol. The molecule has 0 radical (unpaired) electrons. The summed E-state index contributed by atoms with van der Waals surface area (Å²) in [5.74, 6) is 0. The number of benzene rings is 1. The Hall–Kier alpha value is -2.61. The van der Waals surface area contributed by atoms with Gasteiger partial charge in [-0.1, -0.05) is 12.1 Å². The number of rotatable bonds is 2. The van der Waals surface area contributed by atoms with E-state index in [-0.39, 0.29) is 17.7 Å². The van der Waals surface area contributed by atoms with Gasteiger partial charge in [-0.15, -0.1) is 0 Å². The summed E-state index contributed by atoms with van der Waals surface area (Å²) in [6.45, 7) is 0.278. The Balaban J connectivity index is 2.32. The van der Waals surface area contributed by atoms with Crippen LogP contribution >= 0.6 is 0 Å². The minimum absolute atomic E-state index is 0.269. The Kier molecular flexibility index (Phi) is 2.88. The number of aromatic amines is 1. The molecule has 0 fully saturated rings. The number of nitrogens with zero attached hydrogens (tertiary/aromatic N) is 2. The van der Waals surface area contributed by atoms with Crippen LogP contribution in [0.15, 0.2) is 46.0 Å². The normalized spacial score (nSPS) is 9.82. The average Bonchev–Trinajstić information content (AvgIpc) is 2.35. The number of hydrogen-bond donors (Lipinski definition) is 1. The standard InChI is InChI=1S/C12H9N3O2/c13-7-9-1-3-10(4-2-9)8-15-12(17)6-5-11(16)14-15/h1-6H,8H2,(H,14,16). The Morgan fingerprint density at radius 2 is 1.82 bits per heavy atom. The van der Waals surface area contributed by atoms with Crippen LogP contribution in [0.2, 0.25) is 0 Å². The average molecular weight is 227 g/mol. The lowest BCUT2D eigenvalue weighted by Gasteiger charge is -2.04. The molecule has 0 saturated carbocycles. The minimum Gasteiger partial charge on any atom is -0.268 e. The fourth-order valence-electron chi connectivity index (χ4n) is 1.45. The number of nitrogens with one attached hydrogen (secondary N) is 1. The highest BCUT2D eigenvalue weighted by Crippen LogP contribution is 2.03. The first-order valence-electron chi connectivity index (χ1n) is 4.98. The first kappa shape index (κ1) is 10.9. The molecule has 17 heavy (non-hydrogen) atoms. The van der Waals surface area contributed by atoms with Crippen LogP contribution in [0.3, 0.4) is 0 Å². The molecule has 1 N–H and O–H groups in total. The Morgan fingerprint density at radius 3 is 2.47 bits per heavy atom. The van der Waals surface area contributed by atoms with Crippen molar-refractivity contribution in [2.45, 2.75) is 6.54 Å². The Morgan fingerprint density at radius 1 is 1.12 bits per heavy atom. The largest absolute Gasteiger partial charge is 0.268 e. The van der Waals surface area contributed by atoms with E-state index in [0.29, 0.717) is 5.56 Å². The summed E-state index contributed by atoms with van der Waals surface area (Å²) in [5.41, 5.74) is 0.808. The van der Waals surface area contributed by atoms with Gasteiger partial charge in [0, 0.05) is 12.1 Å². The first-order chi connectivity index (χ1) is 8.19. The molecule has 0 bridgehead atoms. The second-order valence-electron chi connectivity index (χ2n) is 3.54. The van der Waals surface area contributed by atoms with Gasteiger partial charge in [-0.25, -0.2) is 4.68 Å². The molecule has 84 valence electrons. The number of H-pyrrole nitrogens is 1. The molecule has 0 aliphatic rings. The summed E-state index contributed by atoms with van der Waals surface area (Å²) in [6.07, 6.45) is 0. The molecule has 1 heterocycles. The molecule has 5 nitrogen and oxygen atoms in total. The van der Waals surface area contributed by atoms with Crippen LogP contribution in [0.25, 0.3) is 0 Å². The quantitative estimate of drug-likeness (QED) is 0.809. The maximum absolute atomic E-state index is 11.4. The molecular formula is C12H9N3O2. The molecule has 5 heteroatoms. The topological polar surface area (TPSA) is 78.7 Å². The highest BCUT2D eigenvalue weighted by Gasteiger charge is 1.99. The number of hydrogen-bond acceptors (Lipinski definition) is 3. The van der Waals surface area contributed by atoms with E-state index in [1.165, 1.54) is 16.8 Å². The van der Waals surface area contributed by atoms with Gasteiger partial charge in [-0.2, -0.15) is 5.26 Å². The van der Waals surface area contributed by atoms with Gasteiger partial charge < -0.3 is 0 Å². The molecule has 0 saturated heterocycles. The van der Waals surface area contributed by atoms with Crippen LogP contribution in [-0.2, 0) is 6.54 Å². The predicted molar refractivity (Wildman–Crippen MR) is 61.6 cm³/mol. The van der Waals surface area contributed by atoms with E-state index in [1.54, 1.807) is 24.3 Å². The zero-order valence-electron chi connectivity index (χ0n) is 8.88. The second kappa shape index (κ2) is 4.49. The molecule has 1 aromatic heterocycles. The maximum atomic E-state index is 11.4. The Bertz CT molecular complexity index is 674. The van der Waals surface area contributed by atoms with Gasteiger partial charge in [0.25, 0.3) is 11.1 Å². The van der Waals surface area contributed by atoms with Gasteiger partial charge in [0.15, 0.2) is 0 Å². The van der Waals surface area contributed by atoms with E-state index in [0.717, 1.165) is 5.56 Å². The van der Waals surface area contributed by atoms with Crippen molar-refractivity contribution in [1.82, 2.24) is 9.78 Å². The van der Waals surface area contributed by atoms with Crippen LogP contribution in [0, 0.1) is 11.3 Å². The summed E-state index contributed by atoms with van der Waals surface area (Å²) < 4.78 is 1.23. The van der Waals surface area contributed by atoms with Crippen molar-refractivity contribution in [3.8, 4) is 6.07 Å². The zero-order valence-corrected chi connectivity index (χ0v) is 8.88. The zero-order chi connectivity index (χ0) is 12.3. The fraction of sp³-hybridized carbons (Fsp3) is 0.0833. The van der Waals surface area contributed by atoms with Crippen molar-refractivity contribution in [2.24, 2.45) is 0 Å². The van der Waals surface area contributed by atoms with E-state index in [2.05, 4.69) is 5.10 Å². The fourth-order valence-corrected chi connectivity index (χ4v) is 1.45. The maximum Gasteiger partial charge on any atom is 0.265 e. The third-order valence-electron chi connectivity index (χ3n) is 2.31. The van der Waals surface area contributed by atoms with Crippen LogP contribution in [-0.4, -0.2) is 9.78 Å². The van der Waals surface area contributed by atoms with E-state index in [1.807, 2.05) is 6.07 Å². The Labute approximate surface area is 96.6 Å². The lowest BCUT2D eigenvalue weighted by atomic mass is 10.1. The summed E-state index contributed by atoms with van der Waals surface area (Å²) in [5, 5.41) is 11.1. The van der Waals surface area contributed by atoms with E-state index in [4.69, 9.17) is 5.26 Å². The third-order valence-corrected chi connectivity index (χ3v) is 2.31. The molecule has 0 spiro atoms. The highest BCUT2D eigenvalue weighted by atomic mass is 16.1. The van der Waals surface area contributed by atoms with Gasteiger partial charge in [0.1, 0.15) is 0 Å². The lowest BCUT2D eigenvalue weighted by Crippen LogP contribution is -2.28. The van der Waals surface area contributed by atoms with E-state index >= 15 is 0 Å². The number of aromatic nitrogens is 2. The van der Waals surface area contributed by atoms with Gasteiger partial charge in [0.05, 0.1) is 18.2 Å².